The molecule has 2 N–H and O–H groups in total. The number of nitrogens with one attached hydrogen (secondary N) is 2. The molecule has 1 aliphatic heterocycles. The van der Waals surface area contributed by atoms with Gasteiger partial charge in [0.05, 0.1) is 0 Å². The third kappa shape index (κ3) is 1.83. The number of carbonyl (C=O) groups is 2. The van der Waals surface area contributed by atoms with Crippen molar-refractivity contribution in [1.29, 1.82) is 0 Å². The molecular weight excluding hydrogens is 216 g/mol. The van der Waals surface area contributed by atoms with Crippen LogP contribution >= 0.6 is 0 Å². The molecule has 0 aromatic carbocycles. The van der Waals surface area contributed by atoms with Gasteiger partial charge in [-0.2, -0.15) is 0 Å². The van der Waals surface area contributed by atoms with E-state index in [0.29, 0.717) is 12.8 Å². The molecule has 1 heterocycles. The van der Waals surface area contributed by atoms with Gasteiger partial charge >= 0.3 is 0 Å². The summed E-state index contributed by atoms with van der Waals surface area (Å²) in [5.74, 6) is 0.0319. The molecule has 1 saturated carbocycles. The van der Waals surface area contributed by atoms with Crippen LogP contribution in [0.5, 0.6) is 0 Å². The van der Waals surface area contributed by atoms with E-state index in [1.54, 1.807) is 0 Å². The Morgan fingerprint density at radius 2 is 1.53 bits per heavy atom. The van der Waals surface area contributed by atoms with Crippen LogP contribution in [0, 0.1) is 0 Å². The maximum atomic E-state index is 12.3. The minimum Gasteiger partial charge on any atom is -0.340 e. The molecule has 0 aromatic heterocycles. The molecule has 2 rings (SSSR count). The van der Waals surface area contributed by atoms with Crippen molar-refractivity contribution in [2.75, 3.05) is 0 Å². The minimum absolute atomic E-state index is 0.00370. The molecule has 0 unspecified atom stereocenters. The van der Waals surface area contributed by atoms with Gasteiger partial charge in [0.15, 0.2) is 0 Å². The maximum absolute atomic E-state index is 12.3. The smallest absolute Gasteiger partial charge is 0.246 e. The number of carbonyl (C=O) groups excluding carboxylic acids is 2. The summed E-state index contributed by atoms with van der Waals surface area (Å²) in [4.78, 5) is 24.6. The zero-order chi connectivity index (χ0) is 12.5. The van der Waals surface area contributed by atoms with Crippen molar-refractivity contribution in [3.8, 4) is 0 Å². The van der Waals surface area contributed by atoms with Crippen molar-refractivity contribution in [3.63, 3.8) is 0 Å². The Bertz CT molecular complexity index is 328. The van der Waals surface area contributed by atoms with Gasteiger partial charge in [0.2, 0.25) is 11.8 Å². The third-order valence-electron chi connectivity index (χ3n) is 4.49. The number of hydrogen-bond acceptors (Lipinski definition) is 2. The van der Waals surface area contributed by atoms with Gasteiger partial charge in [0.25, 0.3) is 0 Å². The van der Waals surface area contributed by atoms with Gasteiger partial charge in [-0.1, -0.05) is 33.1 Å². The Labute approximate surface area is 103 Å². The standard InChI is InChI=1S/C13H22N2O2/c1-3-12(4-2)10(16)15-13(11(17)14-12)8-6-5-7-9-13/h3-9H2,1-2H3,(H,14,17)(H,15,16). The van der Waals surface area contributed by atoms with E-state index >= 15 is 0 Å². The second-order valence-corrected chi connectivity index (χ2v) is 5.34. The van der Waals surface area contributed by atoms with Gasteiger partial charge in [-0.15, -0.1) is 0 Å². The van der Waals surface area contributed by atoms with E-state index in [1.165, 1.54) is 0 Å². The molecule has 1 saturated heterocycles. The molecule has 2 amide bonds. The molecule has 0 aromatic rings. The van der Waals surface area contributed by atoms with E-state index in [0.717, 1.165) is 32.1 Å². The summed E-state index contributed by atoms with van der Waals surface area (Å²) in [7, 11) is 0. The molecule has 17 heavy (non-hydrogen) atoms. The Kier molecular flexibility index (Phi) is 3.15. The zero-order valence-electron chi connectivity index (χ0n) is 10.8. The van der Waals surface area contributed by atoms with Crippen molar-refractivity contribution in [2.24, 2.45) is 0 Å². The highest BCUT2D eigenvalue weighted by Gasteiger charge is 2.52. The first-order valence-corrected chi connectivity index (χ1v) is 6.74. The summed E-state index contributed by atoms with van der Waals surface area (Å²) in [6, 6.07) is 0. The topological polar surface area (TPSA) is 58.2 Å². The number of rotatable bonds is 2. The number of amides is 2. The fourth-order valence-corrected chi connectivity index (χ4v) is 3.04. The highest BCUT2D eigenvalue weighted by atomic mass is 16.2. The molecule has 96 valence electrons. The van der Waals surface area contributed by atoms with Gasteiger partial charge in [0, 0.05) is 0 Å². The van der Waals surface area contributed by atoms with E-state index in [2.05, 4.69) is 10.6 Å². The van der Waals surface area contributed by atoms with Crippen molar-refractivity contribution in [2.45, 2.75) is 69.9 Å². The van der Waals surface area contributed by atoms with Gasteiger partial charge in [-0.25, -0.2) is 0 Å². The van der Waals surface area contributed by atoms with Crippen LogP contribution in [0.4, 0.5) is 0 Å². The van der Waals surface area contributed by atoms with Crippen LogP contribution in [-0.4, -0.2) is 22.9 Å². The average molecular weight is 238 g/mol. The summed E-state index contributed by atoms with van der Waals surface area (Å²) >= 11 is 0. The summed E-state index contributed by atoms with van der Waals surface area (Å²) in [6.45, 7) is 3.89. The lowest BCUT2D eigenvalue weighted by molar-refractivity contribution is -0.148. The van der Waals surface area contributed by atoms with Gasteiger partial charge < -0.3 is 10.6 Å². The molecule has 4 nitrogen and oxygen atoms in total. The molecule has 2 fully saturated rings. The van der Waals surface area contributed by atoms with Gasteiger partial charge in [-0.3, -0.25) is 9.59 Å². The van der Waals surface area contributed by atoms with Crippen LogP contribution in [0.15, 0.2) is 0 Å². The minimum atomic E-state index is -0.681. The van der Waals surface area contributed by atoms with Crippen LogP contribution in [0.3, 0.4) is 0 Å². The summed E-state index contributed by atoms with van der Waals surface area (Å²) < 4.78 is 0. The van der Waals surface area contributed by atoms with Crippen molar-refractivity contribution >= 4 is 11.8 Å². The van der Waals surface area contributed by atoms with E-state index < -0.39 is 11.1 Å². The third-order valence-corrected chi connectivity index (χ3v) is 4.49. The second kappa shape index (κ2) is 4.31. The molecule has 4 heteroatoms. The van der Waals surface area contributed by atoms with E-state index in [-0.39, 0.29) is 11.8 Å². The molecule has 0 atom stereocenters. The molecular formula is C13H22N2O2. The molecule has 2 aliphatic rings. The van der Waals surface area contributed by atoms with Crippen LogP contribution < -0.4 is 10.6 Å². The zero-order valence-corrected chi connectivity index (χ0v) is 10.8. The lowest BCUT2D eigenvalue weighted by Gasteiger charge is -2.47. The van der Waals surface area contributed by atoms with Gasteiger partial charge in [0.1, 0.15) is 11.1 Å². The monoisotopic (exact) mass is 238 g/mol. The predicted molar refractivity (Wildman–Crippen MR) is 65.4 cm³/mol. The molecule has 0 radical (unpaired) electrons. The van der Waals surface area contributed by atoms with Gasteiger partial charge in [-0.05, 0) is 25.7 Å². The number of piperazine rings is 1. The quantitative estimate of drug-likeness (QED) is 0.766. The normalized spacial score (nSPS) is 26.5. The SMILES string of the molecule is CCC1(CC)NC(=O)C2(CCCCC2)NC1=O. The fraction of sp³-hybridized carbons (Fsp3) is 0.846. The lowest BCUT2D eigenvalue weighted by atomic mass is 9.76. The fourth-order valence-electron chi connectivity index (χ4n) is 3.04. The van der Waals surface area contributed by atoms with Crippen LogP contribution in [0.25, 0.3) is 0 Å². The van der Waals surface area contributed by atoms with Crippen LogP contribution in [-0.2, 0) is 9.59 Å². The van der Waals surface area contributed by atoms with Crippen LogP contribution in [0.2, 0.25) is 0 Å². The highest BCUT2D eigenvalue weighted by molar-refractivity contribution is 6.02. The Hall–Kier alpha value is -1.06. The average Bonchev–Trinajstić information content (AvgIpc) is 2.35. The van der Waals surface area contributed by atoms with Crippen molar-refractivity contribution in [1.82, 2.24) is 10.6 Å². The van der Waals surface area contributed by atoms with E-state index in [1.807, 2.05) is 13.8 Å². The Morgan fingerprint density at radius 3 is 2.06 bits per heavy atom. The van der Waals surface area contributed by atoms with Crippen LogP contribution in [0.1, 0.15) is 58.8 Å². The molecule has 1 spiro atoms. The molecule has 1 aliphatic carbocycles. The summed E-state index contributed by atoms with van der Waals surface area (Å²) in [5, 5.41) is 6.01. The van der Waals surface area contributed by atoms with E-state index in [4.69, 9.17) is 0 Å². The first kappa shape index (κ1) is 12.4. The summed E-state index contributed by atoms with van der Waals surface area (Å²) in [5.41, 5.74) is -1.29. The first-order chi connectivity index (χ1) is 8.08. The second-order valence-electron chi connectivity index (χ2n) is 5.34. The largest absolute Gasteiger partial charge is 0.340 e. The highest BCUT2D eigenvalue weighted by Crippen LogP contribution is 2.33. The van der Waals surface area contributed by atoms with Crippen molar-refractivity contribution < 1.29 is 9.59 Å². The lowest BCUT2D eigenvalue weighted by Crippen LogP contribution is -2.74. The molecule has 0 bridgehead atoms. The predicted octanol–water partition coefficient (Wildman–Crippen LogP) is 1.49. The number of hydrogen-bond donors (Lipinski definition) is 2. The maximum Gasteiger partial charge on any atom is 0.246 e. The Morgan fingerprint density at radius 1 is 0.941 bits per heavy atom. The van der Waals surface area contributed by atoms with Crippen molar-refractivity contribution in [3.05, 3.63) is 0 Å². The first-order valence-electron chi connectivity index (χ1n) is 6.74. The Balaban J connectivity index is 2.23. The van der Waals surface area contributed by atoms with E-state index in [9.17, 15) is 9.59 Å². The summed E-state index contributed by atoms with van der Waals surface area (Å²) in [6.07, 6.45) is 6.09.